The fourth-order valence-corrected chi connectivity index (χ4v) is 8.18. The molecule has 0 radical (unpaired) electrons. The van der Waals surface area contributed by atoms with Crippen LogP contribution in [0, 0.1) is 0 Å². The Labute approximate surface area is 328 Å². The topological polar surface area (TPSA) is 181 Å². The predicted octanol–water partition coefficient (Wildman–Crippen LogP) is 5.17. The molecule has 0 spiro atoms. The van der Waals surface area contributed by atoms with Crippen LogP contribution in [-0.4, -0.2) is 58.7 Å². The Morgan fingerprint density at radius 2 is 1.68 bits per heavy atom. The van der Waals surface area contributed by atoms with Crippen molar-refractivity contribution in [3.05, 3.63) is 123 Å². The minimum Gasteiger partial charge on any atom is -0.457 e. The Balaban J connectivity index is 0.840. The van der Waals surface area contributed by atoms with Crippen molar-refractivity contribution in [1.29, 1.82) is 0 Å². The van der Waals surface area contributed by atoms with E-state index in [-0.39, 0.29) is 42.2 Å². The molecule has 4 N–H and O–H groups in total. The Morgan fingerprint density at radius 1 is 0.982 bits per heavy atom. The highest BCUT2D eigenvalue weighted by molar-refractivity contribution is 5.91. The number of fused-ring (bicyclic) bond motifs is 8. The fourth-order valence-electron chi connectivity index (χ4n) is 8.18. The molecule has 2 aliphatic heterocycles. The third-order valence-corrected chi connectivity index (χ3v) is 11.3. The molecule has 1 aliphatic carbocycles. The van der Waals surface area contributed by atoms with Gasteiger partial charge in [-0.3, -0.25) is 9.59 Å². The van der Waals surface area contributed by atoms with E-state index >= 15 is 0 Å². The molecule has 57 heavy (non-hydrogen) atoms. The third kappa shape index (κ3) is 6.81. The lowest BCUT2D eigenvalue weighted by molar-refractivity contribution is -0.190. The molecule has 8 rings (SSSR count). The summed E-state index contributed by atoms with van der Waals surface area (Å²) in [6.45, 7) is 3.68. The molecule has 5 aromatic rings. The van der Waals surface area contributed by atoms with Crippen LogP contribution in [0.2, 0.25) is 0 Å². The number of nitrogens with one attached hydrogen (secondary N) is 2. The van der Waals surface area contributed by atoms with Gasteiger partial charge in [0, 0.05) is 29.0 Å². The van der Waals surface area contributed by atoms with Gasteiger partial charge in [-0.1, -0.05) is 73.7 Å². The number of hydrogen-bond donors (Lipinski definition) is 3. The van der Waals surface area contributed by atoms with Gasteiger partial charge < -0.3 is 35.1 Å². The van der Waals surface area contributed by atoms with Crippen LogP contribution in [0.4, 0.5) is 4.79 Å². The first-order valence-electron chi connectivity index (χ1n) is 19.3. The lowest BCUT2D eigenvalue weighted by Gasteiger charge is -2.36. The molecule has 292 valence electrons. The first kappa shape index (κ1) is 37.6. The van der Waals surface area contributed by atoms with Crippen molar-refractivity contribution in [2.75, 3.05) is 13.2 Å². The normalized spacial score (nSPS) is 17.3. The summed E-state index contributed by atoms with van der Waals surface area (Å²) in [6.07, 6.45) is 0.814. The molecule has 0 unspecified atom stereocenters. The van der Waals surface area contributed by atoms with Crippen LogP contribution in [0.1, 0.15) is 73.3 Å². The zero-order valence-corrected chi connectivity index (χ0v) is 31.7. The SMILES string of the molecule is CC[C@@]1(OC(=O)[C@H](C)NC(=O)[C@@H](N)CCCCNC(=O)OCC2c3ccccc3-c3ccccc32)C(=O)OCc2c1cc1n(c2=O)Cc2cc3ccccc3nc2-1. The number of carbonyl (C=O) groups is 4. The Morgan fingerprint density at radius 3 is 2.42 bits per heavy atom. The minimum absolute atomic E-state index is 0.0181. The van der Waals surface area contributed by atoms with Gasteiger partial charge in [-0.05, 0) is 73.1 Å². The van der Waals surface area contributed by atoms with E-state index in [1.165, 1.54) is 6.92 Å². The number of esters is 2. The van der Waals surface area contributed by atoms with Crippen molar-refractivity contribution in [2.24, 2.45) is 5.73 Å². The molecule has 0 fully saturated rings. The number of pyridine rings is 2. The maximum absolute atomic E-state index is 13.8. The Hall–Kier alpha value is -6.34. The number of unbranched alkanes of at least 4 members (excludes halogenated alkanes) is 1. The second-order valence-electron chi connectivity index (χ2n) is 14.8. The van der Waals surface area contributed by atoms with E-state index in [4.69, 9.17) is 24.9 Å². The average molecular weight is 770 g/mol. The molecule has 3 aromatic carbocycles. The van der Waals surface area contributed by atoms with Crippen molar-refractivity contribution in [1.82, 2.24) is 20.2 Å². The first-order valence-corrected chi connectivity index (χ1v) is 19.3. The van der Waals surface area contributed by atoms with E-state index in [9.17, 15) is 24.0 Å². The van der Waals surface area contributed by atoms with Crippen LogP contribution in [0.3, 0.4) is 0 Å². The summed E-state index contributed by atoms with van der Waals surface area (Å²) >= 11 is 0. The number of amides is 2. The summed E-state index contributed by atoms with van der Waals surface area (Å²) in [5.41, 5.74) is 11.7. The molecule has 3 atom stereocenters. The zero-order chi connectivity index (χ0) is 39.8. The maximum atomic E-state index is 13.8. The molecular formula is C44H43N5O8. The molecule has 2 aromatic heterocycles. The monoisotopic (exact) mass is 769 g/mol. The number of alkyl carbamates (subject to hydrolysis) is 1. The standard InChI is InChI=1S/C44H43N5O8/c1-3-44(34-21-37-38-27(20-26-12-4-9-18-36(26)48-38)22-49(37)40(51)33(34)24-55-42(44)53)57-41(52)25(2)47-39(50)35(45)17-10-11-19-46-43(54)56-23-32-30-15-7-5-13-28(30)29-14-6-8-16-31(29)32/h4-9,12-16,18,20-21,25,32,35H,3,10-11,17,19,22-24,45H2,1-2H3,(H,46,54)(H,47,50)/t25-,35-,44-/m0/s1. The van der Waals surface area contributed by atoms with E-state index in [0.29, 0.717) is 43.7 Å². The second kappa shape index (κ2) is 15.3. The number of nitrogens with two attached hydrogens (primary N) is 1. The van der Waals surface area contributed by atoms with E-state index in [2.05, 4.69) is 34.9 Å². The highest BCUT2D eigenvalue weighted by Crippen LogP contribution is 2.45. The number of hydrogen-bond acceptors (Lipinski definition) is 10. The van der Waals surface area contributed by atoms with Crippen LogP contribution < -0.4 is 21.9 Å². The maximum Gasteiger partial charge on any atom is 0.407 e. The lowest BCUT2D eigenvalue weighted by atomic mass is 9.85. The quantitative estimate of drug-likeness (QED) is 0.0854. The van der Waals surface area contributed by atoms with Crippen LogP contribution in [0.5, 0.6) is 0 Å². The van der Waals surface area contributed by atoms with Crippen LogP contribution in [0.15, 0.2) is 89.7 Å². The number of carbonyl (C=O) groups excluding carboxylic acids is 4. The van der Waals surface area contributed by atoms with Gasteiger partial charge in [-0.25, -0.2) is 19.4 Å². The molecule has 0 saturated heterocycles. The summed E-state index contributed by atoms with van der Waals surface area (Å²) in [5.74, 6) is -2.31. The van der Waals surface area contributed by atoms with Gasteiger partial charge in [0.15, 0.2) is 0 Å². The minimum atomic E-state index is -1.92. The van der Waals surface area contributed by atoms with Gasteiger partial charge in [0.25, 0.3) is 5.56 Å². The van der Waals surface area contributed by atoms with Crippen molar-refractivity contribution in [3.63, 3.8) is 0 Å². The summed E-state index contributed by atoms with van der Waals surface area (Å²) in [4.78, 5) is 71.2. The van der Waals surface area contributed by atoms with E-state index < -0.39 is 41.6 Å². The van der Waals surface area contributed by atoms with Crippen molar-refractivity contribution < 1.29 is 33.4 Å². The average Bonchev–Trinajstić information content (AvgIpc) is 3.75. The highest BCUT2D eigenvalue weighted by Gasteiger charge is 2.51. The lowest BCUT2D eigenvalue weighted by Crippen LogP contribution is -2.52. The number of rotatable bonds is 12. The third-order valence-electron chi connectivity index (χ3n) is 11.3. The Bertz CT molecular complexity index is 2450. The molecule has 13 nitrogen and oxygen atoms in total. The van der Waals surface area contributed by atoms with E-state index in [1.807, 2.05) is 54.6 Å². The second-order valence-corrected chi connectivity index (χ2v) is 14.8. The number of ether oxygens (including phenoxy) is 3. The molecule has 0 saturated carbocycles. The largest absolute Gasteiger partial charge is 0.457 e. The number of aromatic nitrogens is 2. The first-order chi connectivity index (χ1) is 27.6. The van der Waals surface area contributed by atoms with Crippen molar-refractivity contribution >= 4 is 34.8 Å². The fraction of sp³-hybridized carbons (Fsp3) is 0.318. The molecule has 4 heterocycles. The Kier molecular flexibility index (Phi) is 10.1. The van der Waals surface area contributed by atoms with Crippen LogP contribution in [0.25, 0.3) is 33.4 Å². The van der Waals surface area contributed by atoms with Gasteiger partial charge in [-0.2, -0.15) is 0 Å². The van der Waals surface area contributed by atoms with E-state index in [0.717, 1.165) is 38.7 Å². The van der Waals surface area contributed by atoms with E-state index in [1.54, 1.807) is 17.6 Å². The zero-order valence-electron chi connectivity index (χ0n) is 31.7. The molecular weight excluding hydrogens is 727 g/mol. The summed E-state index contributed by atoms with van der Waals surface area (Å²) < 4.78 is 18.5. The van der Waals surface area contributed by atoms with Crippen LogP contribution >= 0.6 is 0 Å². The van der Waals surface area contributed by atoms with Crippen molar-refractivity contribution in [3.8, 4) is 22.5 Å². The number of benzene rings is 3. The molecule has 2 amide bonds. The van der Waals surface area contributed by atoms with Gasteiger partial charge in [0.2, 0.25) is 11.5 Å². The van der Waals surface area contributed by atoms with Crippen molar-refractivity contribution in [2.45, 2.75) is 76.3 Å². The molecule has 13 heteroatoms. The van der Waals surface area contributed by atoms with Gasteiger partial charge >= 0.3 is 18.0 Å². The molecule has 0 bridgehead atoms. The smallest absolute Gasteiger partial charge is 0.407 e. The van der Waals surface area contributed by atoms with Crippen LogP contribution in [-0.2, 0) is 47.3 Å². The van der Waals surface area contributed by atoms with Gasteiger partial charge in [0.05, 0.1) is 35.1 Å². The predicted molar refractivity (Wildman–Crippen MR) is 211 cm³/mol. The molecule has 3 aliphatic rings. The van der Waals surface area contributed by atoms with Gasteiger partial charge in [0.1, 0.15) is 19.3 Å². The number of nitrogens with zero attached hydrogens (tertiary/aromatic N) is 2. The summed E-state index contributed by atoms with van der Waals surface area (Å²) in [6, 6.07) is 25.5. The number of cyclic esters (lactones) is 1. The van der Waals surface area contributed by atoms with Gasteiger partial charge in [-0.15, -0.1) is 0 Å². The summed E-state index contributed by atoms with van der Waals surface area (Å²) in [7, 11) is 0. The summed E-state index contributed by atoms with van der Waals surface area (Å²) in [5, 5.41) is 6.30. The highest BCUT2D eigenvalue weighted by atomic mass is 16.6. The number of para-hydroxylation sites is 1.